The lowest BCUT2D eigenvalue weighted by Gasteiger charge is -2.31. The summed E-state index contributed by atoms with van der Waals surface area (Å²) in [5.41, 5.74) is 0.403. The molecular formula is C28H22ClN3O5. The predicted octanol–water partition coefficient (Wildman–Crippen LogP) is 4.04. The van der Waals surface area contributed by atoms with E-state index in [2.05, 4.69) is 10.3 Å². The first kappa shape index (κ1) is 23.3. The number of hydrogen-bond donors (Lipinski definition) is 4. The third-order valence-corrected chi connectivity index (χ3v) is 7.79. The summed E-state index contributed by atoms with van der Waals surface area (Å²) in [7, 11) is 0. The van der Waals surface area contributed by atoms with Crippen molar-refractivity contribution in [1.29, 1.82) is 0 Å². The zero-order valence-electron chi connectivity index (χ0n) is 19.4. The Labute approximate surface area is 216 Å². The van der Waals surface area contributed by atoms with Crippen molar-refractivity contribution in [3.63, 3.8) is 0 Å². The number of fused-ring (bicyclic) bond motifs is 2. The van der Waals surface area contributed by atoms with E-state index in [9.17, 15) is 24.6 Å². The lowest BCUT2D eigenvalue weighted by Crippen LogP contribution is -2.57. The van der Waals surface area contributed by atoms with Gasteiger partial charge in [-0.3, -0.25) is 19.7 Å². The normalized spacial score (nSPS) is 25.1. The summed E-state index contributed by atoms with van der Waals surface area (Å²) in [5.74, 6) is -4.73. The van der Waals surface area contributed by atoms with Crippen LogP contribution in [0, 0.1) is 11.8 Å². The number of nitrogens with zero attached hydrogens (tertiary/aromatic N) is 1. The minimum Gasteiger partial charge on any atom is -0.508 e. The predicted molar refractivity (Wildman–Crippen MR) is 137 cm³/mol. The highest BCUT2D eigenvalue weighted by Crippen LogP contribution is 2.52. The molecule has 1 aromatic heterocycles. The second kappa shape index (κ2) is 8.47. The highest BCUT2D eigenvalue weighted by Gasteiger charge is 2.69. The van der Waals surface area contributed by atoms with Gasteiger partial charge < -0.3 is 15.2 Å². The molecule has 0 unspecified atom stereocenters. The average Bonchev–Trinajstić information content (AvgIpc) is 3.53. The van der Waals surface area contributed by atoms with Crippen LogP contribution in [0.3, 0.4) is 0 Å². The van der Waals surface area contributed by atoms with E-state index in [0.29, 0.717) is 21.8 Å². The SMILES string of the molecule is O=C1[C@H]2[C@@H](C(=O)N1c1ccc(Cl)cc1)[C@](Cc1c[nH]c3ccccc13)(C(=O)O)N[C@H]2c1ccccc1O. The second-order valence-corrected chi connectivity index (χ2v) is 9.92. The van der Waals surface area contributed by atoms with Crippen molar-refractivity contribution in [2.45, 2.75) is 18.0 Å². The molecule has 186 valence electrons. The number of carbonyl (C=O) groups is 3. The molecule has 6 rings (SSSR count). The number of amides is 2. The largest absolute Gasteiger partial charge is 0.508 e. The smallest absolute Gasteiger partial charge is 0.325 e. The summed E-state index contributed by atoms with van der Waals surface area (Å²) >= 11 is 6.01. The number of imide groups is 1. The number of carboxylic acid groups (broad SMARTS) is 1. The van der Waals surface area contributed by atoms with Crippen molar-refractivity contribution >= 4 is 46.0 Å². The molecular weight excluding hydrogens is 494 g/mol. The van der Waals surface area contributed by atoms with Gasteiger partial charge in [-0.1, -0.05) is 48.0 Å². The number of halogens is 1. The van der Waals surface area contributed by atoms with E-state index in [4.69, 9.17) is 11.6 Å². The molecule has 8 nitrogen and oxygen atoms in total. The van der Waals surface area contributed by atoms with Gasteiger partial charge in [0.25, 0.3) is 0 Å². The number of H-pyrrole nitrogens is 1. The minimum atomic E-state index is -1.81. The number of hydrogen-bond acceptors (Lipinski definition) is 5. The molecule has 37 heavy (non-hydrogen) atoms. The maximum atomic E-state index is 14.0. The minimum absolute atomic E-state index is 0.0505. The van der Waals surface area contributed by atoms with Gasteiger partial charge in [-0.25, -0.2) is 4.90 Å². The molecule has 2 fully saturated rings. The van der Waals surface area contributed by atoms with E-state index in [1.54, 1.807) is 48.7 Å². The number of aliphatic carboxylic acids is 1. The molecule has 2 aliphatic rings. The quantitative estimate of drug-likeness (QED) is 0.297. The number of rotatable bonds is 5. The molecule has 0 radical (unpaired) electrons. The molecule has 4 aromatic rings. The number of aromatic hydroxyl groups is 1. The molecule has 2 amide bonds. The Morgan fingerprint density at radius 2 is 1.68 bits per heavy atom. The van der Waals surface area contributed by atoms with E-state index in [1.807, 2.05) is 24.3 Å². The van der Waals surface area contributed by atoms with Crippen LogP contribution in [0.4, 0.5) is 5.69 Å². The van der Waals surface area contributed by atoms with Crippen LogP contribution < -0.4 is 10.2 Å². The van der Waals surface area contributed by atoms with Crippen LogP contribution in [0.1, 0.15) is 17.2 Å². The summed E-state index contributed by atoms with van der Waals surface area (Å²) in [6.07, 6.45) is 1.68. The third-order valence-electron chi connectivity index (χ3n) is 7.54. The van der Waals surface area contributed by atoms with E-state index in [1.165, 1.54) is 6.07 Å². The topological polar surface area (TPSA) is 123 Å². The first-order valence-electron chi connectivity index (χ1n) is 11.8. The molecule has 0 bridgehead atoms. The van der Waals surface area contributed by atoms with Crippen LogP contribution in [-0.4, -0.2) is 38.5 Å². The maximum absolute atomic E-state index is 14.0. The number of benzene rings is 3. The fraction of sp³-hybridized carbons (Fsp3) is 0.179. The summed E-state index contributed by atoms with van der Waals surface area (Å²) in [6.45, 7) is 0. The number of phenolic OH excluding ortho intramolecular Hbond substituents is 1. The van der Waals surface area contributed by atoms with Gasteiger partial charge in [0, 0.05) is 40.1 Å². The first-order chi connectivity index (χ1) is 17.8. The van der Waals surface area contributed by atoms with Gasteiger partial charge in [0.05, 0.1) is 17.5 Å². The number of aromatic amines is 1. The van der Waals surface area contributed by atoms with Crippen LogP contribution in [0.5, 0.6) is 5.75 Å². The van der Waals surface area contributed by atoms with E-state index in [-0.39, 0.29) is 12.2 Å². The Balaban J connectivity index is 1.52. The van der Waals surface area contributed by atoms with Gasteiger partial charge in [-0.2, -0.15) is 0 Å². The fourth-order valence-corrected chi connectivity index (χ4v) is 6.00. The zero-order valence-corrected chi connectivity index (χ0v) is 20.1. The Bertz CT molecular complexity index is 1570. The first-order valence-corrected chi connectivity index (χ1v) is 12.2. The number of carboxylic acids is 1. The van der Waals surface area contributed by atoms with Crippen molar-refractivity contribution in [1.82, 2.24) is 10.3 Å². The van der Waals surface area contributed by atoms with Crippen LogP contribution in [0.15, 0.2) is 79.0 Å². The third kappa shape index (κ3) is 3.44. The monoisotopic (exact) mass is 515 g/mol. The Morgan fingerprint density at radius 1 is 0.973 bits per heavy atom. The molecule has 0 saturated carbocycles. The molecule has 4 N–H and O–H groups in total. The standard InChI is InChI=1S/C28H22ClN3O5/c29-16-9-11-17(12-10-16)32-25(34)22-23(26(32)35)28(27(36)37,31-24(22)19-6-2-4-8-21(19)33)13-15-14-30-20-7-3-1-5-18(15)20/h1-12,14,22-24,30-31,33H,13H2,(H,36,37)/t22-,23-,24-,28+/m0/s1. The van der Waals surface area contributed by atoms with Crippen LogP contribution in [0.25, 0.3) is 10.9 Å². The van der Waals surface area contributed by atoms with Crippen molar-refractivity contribution in [3.05, 3.63) is 95.1 Å². The van der Waals surface area contributed by atoms with Crippen LogP contribution in [-0.2, 0) is 20.8 Å². The number of aromatic nitrogens is 1. The summed E-state index contributed by atoms with van der Waals surface area (Å²) < 4.78 is 0. The molecule has 3 aromatic carbocycles. The number of anilines is 1. The molecule has 2 aliphatic heterocycles. The van der Waals surface area contributed by atoms with Gasteiger partial charge in [-0.05, 0) is 42.0 Å². The van der Waals surface area contributed by atoms with Gasteiger partial charge in [-0.15, -0.1) is 0 Å². The van der Waals surface area contributed by atoms with Gasteiger partial charge >= 0.3 is 5.97 Å². The van der Waals surface area contributed by atoms with Crippen molar-refractivity contribution in [3.8, 4) is 5.75 Å². The lowest BCUT2D eigenvalue weighted by molar-refractivity contribution is -0.148. The molecule has 0 spiro atoms. The number of carbonyl (C=O) groups excluding carboxylic acids is 2. The number of para-hydroxylation sites is 2. The van der Waals surface area contributed by atoms with Crippen molar-refractivity contribution < 1.29 is 24.6 Å². The second-order valence-electron chi connectivity index (χ2n) is 9.49. The highest BCUT2D eigenvalue weighted by molar-refractivity contribution is 6.31. The fourth-order valence-electron chi connectivity index (χ4n) is 5.88. The zero-order chi connectivity index (χ0) is 25.9. The van der Waals surface area contributed by atoms with Gasteiger partial charge in [0.15, 0.2) is 0 Å². The Morgan fingerprint density at radius 3 is 2.41 bits per heavy atom. The van der Waals surface area contributed by atoms with Crippen molar-refractivity contribution in [2.24, 2.45) is 11.8 Å². The molecule has 0 aliphatic carbocycles. The van der Waals surface area contributed by atoms with Crippen LogP contribution >= 0.6 is 11.6 Å². The van der Waals surface area contributed by atoms with Crippen LogP contribution in [0.2, 0.25) is 5.02 Å². The molecule has 3 heterocycles. The molecule has 4 atom stereocenters. The molecule has 2 saturated heterocycles. The highest BCUT2D eigenvalue weighted by atomic mass is 35.5. The van der Waals surface area contributed by atoms with Gasteiger partial charge in [0.2, 0.25) is 11.8 Å². The Hall–Kier alpha value is -4.14. The summed E-state index contributed by atoms with van der Waals surface area (Å²) in [4.78, 5) is 45.1. The summed E-state index contributed by atoms with van der Waals surface area (Å²) in [6, 6.07) is 19.3. The van der Waals surface area contributed by atoms with E-state index >= 15 is 0 Å². The number of nitrogens with one attached hydrogen (secondary N) is 2. The van der Waals surface area contributed by atoms with Gasteiger partial charge in [0.1, 0.15) is 11.3 Å². The van der Waals surface area contributed by atoms with E-state index in [0.717, 1.165) is 15.8 Å². The number of phenols is 1. The average molecular weight is 516 g/mol. The summed E-state index contributed by atoms with van der Waals surface area (Å²) in [5, 5.41) is 25.7. The maximum Gasteiger partial charge on any atom is 0.325 e. The Kier molecular flexibility index (Phi) is 5.33. The van der Waals surface area contributed by atoms with E-state index < -0.39 is 41.2 Å². The lowest BCUT2D eigenvalue weighted by atomic mass is 9.76. The molecule has 9 heteroatoms. The van der Waals surface area contributed by atoms with Crippen molar-refractivity contribution in [2.75, 3.05) is 4.90 Å².